The highest BCUT2D eigenvalue weighted by molar-refractivity contribution is 5.94. The highest BCUT2D eigenvalue weighted by Crippen LogP contribution is 2.32. The highest BCUT2D eigenvalue weighted by Gasteiger charge is 2.27. The monoisotopic (exact) mass is 294 g/mol. The van der Waals surface area contributed by atoms with E-state index in [1.165, 1.54) is 0 Å². The summed E-state index contributed by atoms with van der Waals surface area (Å²) >= 11 is 0. The van der Waals surface area contributed by atoms with Crippen LogP contribution >= 0.6 is 0 Å². The van der Waals surface area contributed by atoms with Crippen molar-refractivity contribution >= 4 is 11.9 Å². The molecule has 21 heavy (non-hydrogen) atoms. The zero-order chi connectivity index (χ0) is 15.2. The molecule has 1 aliphatic heterocycles. The van der Waals surface area contributed by atoms with E-state index in [0.717, 1.165) is 5.56 Å². The Balaban J connectivity index is 1.92. The average Bonchev–Trinajstić information content (AvgIpc) is 2.93. The van der Waals surface area contributed by atoms with E-state index >= 15 is 0 Å². The Morgan fingerprint density at radius 3 is 2.57 bits per heavy atom. The number of benzene rings is 1. The van der Waals surface area contributed by atoms with Crippen LogP contribution in [0.4, 0.5) is 0 Å². The number of fused-ring (bicyclic) bond motifs is 1. The fourth-order valence-electron chi connectivity index (χ4n) is 1.96. The summed E-state index contributed by atoms with van der Waals surface area (Å²) in [5.41, 5.74) is 0.770. The van der Waals surface area contributed by atoms with Crippen molar-refractivity contribution in [1.29, 1.82) is 0 Å². The summed E-state index contributed by atoms with van der Waals surface area (Å²) in [5.74, 6) is -0.702. The summed E-state index contributed by atoms with van der Waals surface area (Å²) in [4.78, 5) is 23.5. The van der Waals surface area contributed by atoms with Crippen molar-refractivity contribution in [3.63, 3.8) is 0 Å². The van der Waals surface area contributed by atoms with Gasteiger partial charge in [0.1, 0.15) is 6.61 Å². The molecule has 0 N–H and O–H groups in total. The number of hydrogen-bond donors (Lipinski definition) is 0. The molecule has 0 saturated heterocycles. The molecule has 0 spiro atoms. The molecule has 1 aromatic carbocycles. The van der Waals surface area contributed by atoms with E-state index in [4.69, 9.17) is 18.9 Å². The van der Waals surface area contributed by atoms with Crippen LogP contribution in [0.1, 0.15) is 25.8 Å². The van der Waals surface area contributed by atoms with Crippen molar-refractivity contribution in [3.8, 4) is 11.5 Å². The van der Waals surface area contributed by atoms with Gasteiger partial charge < -0.3 is 18.9 Å². The molecule has 114 valence electrons. The minimum Gasteiger partial charge on any atom is -0.465 e. The fourth-order valence-corrected chi connectivity index (χ4v) is 1.96. The van der Waals surface area contributed by atoms with Gasteiger partial charge in [-0.3, -0.25) is 9.59 Å². The number of ether oxygens (including phenoxy) is 4. The average molecular weight is 294 g/mol. The topological polar surface area (TPSA) is 71.1 Å². The zero-order valence-corrected chi connectivity index (χ0v) is 12.1. The van der Waals surface area contributed by atoms with Crippen LogP contribution in [-0.4, -0.2) is 25.3 Å². The van der Waals surface area contributed by atoms with Gasteiger partial charge in [-0.1, -0.05) is 13.0 Å². The third-order valence-electron chi connectivity index (χ3n) is 3.08. The van der Waals surface area contributed by atoms with Crippen LogP contribution in [0.3, 0.4) is 0 Å². The molecule has 0 fully saturated rings. The molecule has 0 bridgehead atoms. The Kier molecular flexibility index (Phi) is 5.03. The maximum Gasteiger partial charge on any atom is 0.320 e. The van der Waals surface area contributed by atoms with E-state index in [9.17, 15) is 9.59 Å². The van der Waals surface area contributed by atoms with Gasteiger partial charge in [0.25, 0.3) is 0 Å². The van der Waals surface area contributed by atoms with Crippen molar-refractivity contribution in [2.45, 2.75) is 26.9 Å². The first-order valence-corrected chi connectivity index (χ1v) is 6.87. The van der Waals surface area contributed by atoms with Crippen LogP contribution < -0.4 is 9.47 Å². The summed E-state index contributed by atoms with van der Waals surface area (Å²) in [6, 6.07) is 5.29. The molecule has 1 aromatic rings. The first-order valence-electron chi connectivity index (χ1n) is 6.87. The second kappa shape index (κ2) is 6.97. The van der Waals surface area contributed by atoms with E-state index in [-0.39, 0.29) is 20.0 Å². The predicted molar refractivity (Wildman–Crippen MR) is 72.8 cm³/mol. The van der Waals surface area contributed by atoms with Crippen LogP contribution in [-0.2, 0) is 25.7 Å². The van der Waals surface area contributed by atoms with Crippen LogP contribution in [0.15, 0.2) is 18.2 Å². The summed E-state index contributed by atoms with van der Waals surface area (Å²) in [6.45, 7) is 3.95. The van der Waals surface area contributed by atoms with Gasteiger partial charge in [-0.2, -0.15) is 0 Å². The lowest BCUT2D eigenvalue weighted by Crippen LogP contribution is -2.27. The summed E-state index contributed by atoms with van der Waals surface area (Å²) in [7, 11) is 0. The molecule has 1 unspecified atom stereocenters. The smallest absolute Gasteiger partial charge is 0.320 e. The molecule has 0 amide bonds. The molecule has 0 aliphatic carbocycles. The van der Waals surface area contributed by atoms with Gasteiger partial charge in [0, 0.05) is 0 Å². The number of hydrogen-bond acceptors (Lipinski definition) is 6. The van der Waals surface area contributed by atoms with Crippen LogP contribution in [0.2, 0.25) is 0 Å². The van der Waals surface area contributed by atoms with E-state index in [1.54, 1.807) is 32.0 Å². The molecule has 1 atom stereocenters. The SMILES string of the molecule is CCOC(=O)C(CC)C(=O)OCc1ccc2c(c1)OCO2. The van der Waals surface area contributed by atoms with Crippen LogP contribution in [0, 0.1) is 5.92 Å². The molecule has 6 nitrogen and oxygen atoms in total. The third-order valence-corrected chi connectivity index (χ3v) is 3.08. The van der Waals surface area contributed by atoms with Crippen molar-refractivity contribution < 1.29 is 28.5 Å². The molecule has 1 aliphatic rings. The van der Waals surface area contributed by atoms with Crippen molar-refractivity contribution in [3.05, 3.63) is 23.8 Å². The Labute approximate surface area is 122 Å². The van der Waals surface area contributed by atoms with Crippen molar-refractivity contribution in [1.82, 2.24) is 0 Å². The Morgan fingerprint density at radius 1 is 1.14 bits per heavy atom. The minimum atomic E-state index is -0.876. The van der Waals surface area contributed by atoms with Crippen LogP contribution in [0.5, 0.6) is 11.5 Å². The second-order valence-electron chi connectivity index (χ2n) is 4.51. The summed E-state index contributed by atoms with van der Waals surface area (Å²) in [6.07, 6.45) is 0.346. The molecule has 0 saturated carbocycles. The lowest BCUT2D eigenvalue weighted by molar-refractivity contribution is -0.162. The Morgan fingerprint density at radius 2 is 1.86 bits per heavy atom. The number of esters is 2. The van der Waals surface area contributed by atoms with Gasteiger partial charge in [-0.05, 0) is 31.0 Å². The van der Waals surface area contributed by atoms with Gasteiger partial charge in [0.05, 0.1) is 6.61 Å². The molecular formula is C15H18O6. The van der Waals surface area contributed by atoms with Gasteiger partial charge in [0.15, 0.2) is 17.4 Å². The summed E-state index contributed by atoms with van der Waals surface area (Å²) in [5, 5.41) is 0. The van der Waals surface area contributed by atoms with E-state index in [2.05, 4.69) is 0 Å². The molecule has 2 rings (SSSR count). The largest absolute Gasteiger partial charge is 0.465 e. The molecule has 0 aromatic heterocycles. The molecule has 0 radical (unpaired) electrons. The summed E-state index contributed by atoms with van der Waals surface area (Å²) < 4.78 is 20.5. The second-order valence-corrected chi connectivity index (χ2v) is 4.51. The first kappa shape index (κ1) is 15.2. The quantitative estimate of drug-likeness (QED) is 0.590. The van der Waals surface area contributed by atoms with Crippen molar-refractivity contribution in [2.75, 3.05) is 13.4 Å². The number of carbonyl (C=O) groups excluding carboxylic acids is 2. The van der Waals surface area contributed by atoms with Gasteiger partial charge in [-0.15, -0.1) is 0 Å². The first-order chi connectivity index (χ1) is 10.2. The maximum atomic E-state index is 11.9. The number of carbonyl (C=O) groups is 2. The van der Waals surface area contributed by atoms with E-state index in [0.29, 0.717) is 17.9 Å². The Hall–Kier alpha value is -2.24. The van der Waals surface area contributed by atoms with E-state index in [1.807, 2.05) is 0 Å². The van der Waals surface area contributed by atoms with Crippen molar-refractivity contribution in [2.24, 2.45) is 5.92 Å². The normalized spacial score (nSPS) is 13.6. The van der Waals surface area contributed by atoms with Gasteiger partial charge in [-0.25, -0.2) is 0 Å². The number of rotatable bonds is 6. The maximum absolute atomic E-state index is 11.9. The molecular weight excluding hydrogens is 276 g/mol. The lowest BCUT2D eigenvalue weighted by Gasteiger charge is -2.13. The highest BCUT2D eigenvalue weighted by atomic mass is 16.7. The van der Waals surface area contributed by atoms with E-state index < -0.39 is 17.9 Å². The minimum absolute atomic E-state index is 0.0748. The molecule has 1 heterocycles. The third kappa shape index (κ3) is 3.65. The predicted octanol–water partition coefficient (Wildman–Crippen LogP) is 2.05. The Bertz CT molecular complexity index is 525. The lowest BCUT2D eigenvalue weighted by atomic mass is 10.1. The zero-order valence-electron chi connectivity index (χ0n) is 12.1. The molecule has 6 heteroatoms. The van der Waals surface area contributed by atoms with Gasteiger partial charge >= 0.3 is 11.9 Å². The standard InChI is InChI=1S/C15H18O6/c1-3-11(14(16)18-4-2)15(17)19-8-10-5-6-12-13(7-10)21-9-20-12/h5-7,11H,3-4,8-9H2,1-2H3. The van der Waals surface area contributed by atoms with Crippen LogP contribution in [0.25, 0.3) is 0 Å². The fraction of sp³-hybridized carbons (Fsp3) is 0.467. The van der Waals surface area contributed by atoms with Gasteiger partial charge in [0.2, 0.25) is 6.79 Å².